The van der Waals surface area contributed by atoms with E-state index in [0.29, 0.717) is 35.7 Å². The van der Waals surface area contributed by atoms with E-state index in [0.717, 1.165) is 0 Å². The third-order valence-corrected chi connectivity index (χ3v) is 4.32. The summed E-state index contributed by atoms with van der Waals surface area (Å²) >= 11 is 5.82. The topological polar surface area (TPSA) is 37.4 Å². The van der Waals surface area contributed by atoms with Crippen LogP contribution in [0.5, 0.6) is 0 Å². The lowest BCUT2D eigenvalue weighted by Crippen LogP contribution is -2.30. The zero-order valence-electron chi connectivity index (χ0n) is 12.3. The van der Waals surface area contributed by atoms with Crippen LogP contribution in [0.25, 0.3) is 0 Å². The third kappa shape index (κ3) is 3.42. The molecular weight excluding hydrogens is 317 g/mol. The van der Waals surface area contributed by atoms with Gasteiger partial charge in [-0.05, 0) is 55.0 Å². The maximum atomic E-state index is 12.9. The first-order chi connectivity index (χ1) is 11.0. The highest BCUT2D eigenvalue weighted by molar-refractivity contribution is 6.30. The largest absolute Gasteiger partial charge is 0.338 e. The second kappa shape index (κ2) is 6.50. The van der Waals surface area contributed by atoms with E-state index < -0.39 is 0 Å². The van der Waals surface area contributed by atoms with E-state index >= 15 is 0 Å². The fourth-order valence-corrected chi connectivity index (χ4v) is 2.91. The Bertz CT molecular complexity index is 664. The molecule has 0 radical (unpaired) electrons. The highest BCUT2D eigenvalue weighted by atomic mass is 35.5. The second-order valence-electron chi connectivity index (χ2n) is 5.61. The van der Waals surface area contributed by atoms with E-state index in [4.69, 9.17) is 11.6 Å². The average Bonchev–Trinajstić information content (AvgIpc) is 3.05. The molecule has 3 rings (SSSR count). The summed E-state index contributed by atoms with van der Waals surface area (Å²) in [5, 5.41) is 0.576. The number of Topliss-reactive ketones (excluding diaryl/α,β-unsaturated/α-hetero) is 1. The Balaban J connectivity index is 1.68. The quantitative estimate of drug-likeness (QED) is 0.802. The fourth-order valence-electron chi connectivity index (χ4n) is 2.78. The van der Waals surface area contributed by atoms with Crippen molar-refractivity contribution in [3.63, 3.8) is 0 Å². The molecule has 0 spiro atoms. The van der Waals surface area contributed by atoms with Crippen molar-refractivity contribution in [3.8, 4) is 0 Å². The zero-order valence-corrected chi connectivity index (χ0v) is 13.1. The zero-order chi connectivity index (χ0) is 16.4. The first kappa shape index (κ1) is 15.7. The number of rotatable bonds is 3. The van der Waals surface area contributed by atoms with Crippen molar-refractivity contribution in [3.05, 3.63) is 70.5 Å². The van der Waals surface area contributed by atoms with Crippen LogP contribution in [0.3, 0.4) is 0 Å². The molecule has 0 aliphatic carbocycles. The maximum absolute atomic E-state index is 12.9. The Morgan fingerprint density at radius 2 is 1.61 bits per heavy atom. The molecule has 1 saturated heterocycles. The Morgan fingerprint density at radius 3 is 2.26 bits per heavy atom. The van der Waals surface area contributed by atoms with Gasteiger partial charge in [0.1, 0.15) is 5.82 Å². The fraction of sp³-hybridized carbons (Fsp3) is 0.222. The molecule has 118 valence electrons. The van der Waals surface area contributed by atoms with Gasteiger partial charge in [0.2, 0.25) is 0 Å². The summed E-state index contributed by atoms with van der Waals surface area (Å²) in [5.41, 5.74) is 1.04. The van der Waals surface area contributed by atoms with Crippen LogP contribution < -0.4 is 0 Å². The van der Waals surface area contributed by atoms with Crippen LogP contribution in [-0.2, 0) is 0 Å². The molecule has 5 heteroatoms. The third-order valence-electron chi connectivity index (χ3n) is 4.07. The van der Waals surface area contributed by atoms with E-state index in [1.54, 1.807) is 29.2 Å². The summed E-state index contributed by atoms with van der Waals surface area (Å²) in [7, 11) is 0. The number of carbonyl (C=O) groups excluding carboxylic acids is 2. The number of likely N-dealkylation sites (tertiary alicyclic amines) is 1. The van der Waals surface area contributed by atoms with Gasteiger partial charge in [-0.3, -0.25) is 9.59 Å². The maximum Gasteiger partial charge on any atom is 0.253 e. The number of hydrogen-bond donors (Lipinski definition) is 0. The molecule has 0 saturated carbocycles. The average molecular weight is 332 g/mol. The number of benzene rings is 2. The van der Waals surface area contributed by atoms with E-state index in [1.807, 2.05) is 0 Å². The van der Waals surface area contributed by atoms with Crippen LogP contribution in [0, 0.1) is 11.7 Å². The molecule has 0 aromatic heterocycles. The summed E-state index contributed by atoms with van der Waals surface area (Å²) < 4.78 is 12.9. The lowest BCUT2D eigenvalue weighted by Gasteiger charge is -2.16. The Hall–Kier alpha value is -2.20. The predicted molar refractivity (Wildman–Crippen MR) is 86.2 cm³/mol. The Labute approximate surface area is 138 Å². The minimum atomic E-state index is -0.368. The molecule has 1 fully saturated rings. The van der Waals surface area contributed by atoms with Gasteiger partial charge in [-0.15, -0.1) is 0 Å². The van der Waals surface area contributed by atoms with Crippen LogP contribution in [0.1, 0.15) is 27.1 Å². The number of amides is 1. The van der Waals surface area contributed by atoms with Crippen molar-refractivity contribution in [2.75, 3.05) is 13.1 Å². The summed E-state index contributed by atoms with van der Waals surface area (Å²) in [6.07, 6.45) is 0.621. The summed E-state index contributed by atoms with van der Waals surface area (Å²) in [4.78, 5) is 26.5. The number of halogens is 2. The molecule has 0 bridgehead atoms. The van der Waals surface area contributed by atoms with E-state index in [9.17, 15) is 14.0 Å². The summed E-state index contributed by atoms with van der Waals surface area (Å²) in [6, 6.07) is 12.2. The second-order valence-corrected chi connectivity index (χ2v) is 6.05. The van der Waals surface area contributed by atoms with Crippen molar-refractivity contribution in [2.24, 2.45) is 5.92 Å². The van der Waals surface area contributed by atoms with Crippen LogP contribution in [0.15, 0.2) is 48.5 Å². The van der Waals surface area contributed by atoms with Gasteiger partial charge in [-0.25, -0.2) is 4.39 Å². The molecule has 2 aromatic rings. The van der Waals surface area contributed by atoms with Gasteiger partial charge in [0.15, 0.2) is 5.78 Å². The first-order valence-corrected chi connectivity index (χ1v) is 7.77. The van der Waals surface area contributed by atoms with Gasteiger partial charge in [0.05, 0.1) is 0 Å². The van der Waals surface area contributed by atoms with Gasteiger partial charge in [0, 0.05) is 35.2 Å². The molecule has 0 N–H and O–H groups in total. The highest BCUT2D eigenvalue weighted by Gasteiger charge is 2.31. The lowest BCUT2D eigenvalue weighted by atomic mass is 9.97. The molecule has 0 unspecified atom stereocenters. The number of hydrogen-bond acceptors (Lipinski definition) is 2. The number of ketones is 1. The summed E-state index contributed by atoms with van der Waals surface area (Å²) in [5.74, 6) is -0.753. The molecule has 1 aliphatic heterocycles. The van der Waals surface area contributed by atoms with E-state index in [1.165, 1.54) is 24.3 Å². The monoisotopic (exact) mass is 331 g/mol. The number of nitrogens with zero attached hydrogens (tertiary/aromatic N) is 1. The minimum absolute atomic E-state index is 0.0450. The smallest absolute Gasteiger partial charge is 0.253 e. The van der Waals surface area contributed by atoms with Gasteiger partial charge in [-0.2, -0.15) is 0 Å². The van der Waals surface area contributed by atoms with Gasteiger partial charge >= 0.3 is 0 Å². The normalized spacial score (nSPS) is 17.3. The highest BCUT2D eigenvalue weighted by Crippen LogP contribution is 2.23. The van der Waals surface area contributed by atoms with Gasteiger partial charge < -0.3 is 4.90 Å². The molecule has 1 heterocycles. The van der Waals surface area contributed by atoms with Crippen molar-refractivity contribution >= 4 is 23.3 Å². The SMILES string of the molecule is O=C(c1ccc(F)cc1)[C@@H]1CCN(C(=O)c2ccc(Cl)cc2)C1. The number of carbonyl (C=O) groups is 2. The molecule has 3 nitrogen and oxygen atoms in total. The van der Waals surface area contributed by atoms with E-state index in [2.05, 4.69) is 0 Å². The van der Waals surface area contributed by atoms with Crippen molar-refractivity contribution < 1.29 is 14.0 Å². The van der Waals surface area contributed by atoms with Crippen LogP contribution >= 0.6 is 11.6 Å². The molecule has 1 amide bonds. The van der Waals surface area contributed by atoms with Crippen molar-refractivity contribution in [1.82, 2.24) is 4.90 Å². The van der Waals surface area contributed by atoms with Crippen LogP contribution in [0.4, 0.5) is 4.39 Å². The van der Waals surface area contributed by atoms with Gasteiger partial charge in [-0.1, -0.05) is 11.6 Å². The molecule has 23 heavy (non-hydrogen) atoms. The minimum Gasteiger partial charge on any atom is -0.338 e. The Morgan fingerprint density at radius 1 is 1.00 bits per heavy atom. The van der Waals surface area contributed by atoms with Crippen LogP contribution in [0.2, 0.25) is 5.02 Å². The van der Waals surface area contributed by atoms with E-state index in [-0.39, 0.29) is 23.4 Å². The van der Waals surface area contributed by atoms with Crippen LogP contribution in [-0.4, -0.2) is 29.7 Å². The molecule has 1 aliphatic rings. The standard InChI is InChI=1S/C18H15ClFNO2/c19-15-5-1-13(2-6-15)18(23)21-10-9-14(11-21)17(22)12-3-7-16(20)8-4-12/h1-8,14H,9-11H2/t14-/m1/s1. The predicted octanol–water partition coefficient (Wildman–Crippen LogP) is 3.82. The first-order valence-electron chi connectivity index (χ1n) is 7.39. The summed E-state index contributed by atoms with van der Waals surface area (Å²) in [6.45, 7) is 0.927. The van der Waals surface area contributed by atoms with Crippen molar-refractivity contribution in [1.29, 1.82) is 0 Å². The lowest BCUT2D eigenvalue weighted by molar-refractivity contribution is 0.0780. The van der Waals surface area contributed by atoms with Gasteiger partial charge in [0.25, 0.3) is 5.91 Å². The van der Waals surface area contributed by atoms with Crippen molar-refractivity contribution in [2.45, 2.75) is 6.42 Å². The molecular formula is C18H15ClFNO2. The molecule has 2 aromatic carbocycles. The molecule has 1 atom stereocenters. The Kier molecular flexibility index (Phi) is 4.44.